The van der Waals surface area contributed by atoms with Gasteiger partial charge in [0.25, 0.3) is 11.8 Å². The van der Waals surface area contributed by atoms with Crippen molar-refractivity contribution in [3.63, 3.8) is 0 Å². The van der Waals surface area contributed by atoms with Crippen molar-refractivity contribution in [2.45, 2.75) is 12.8 Å². The molecule has 9 nitrogen and oxygen atoms in total. The number of amides is 3. The van der Waals surface area contributed by atoms with Crippen LogP contribution in [0.15, 0.2) is 47.1 Å². The van der Waals surface area contributed by atoms with Gasteiger partial charge in [0.05, 0.1) is 17.7 Å². The van der Waals surface area contributed by atoms with E-state index in [0.717, 1.165) is 0 Å². The van der Waals surface area contributed by atoms with Gasteiger partial charge < -0.3 is 25.1 Å². The molecule has 29 heavy (non-hydrogen) atoms. The SMILES string of the molecule is NC(=O)[C@@H]1CCCN(C(=O)COC(=O)c2ccc(NC(=O)c3ccco3)cc2)C1. The average Bonchev–Trinajstić information content (AvgIpc) is 3.27. The minimum absolute atomic E-state index is 0.170. The van der Waals surface area contributed by atoms with Crippen LogP contribution in [0.5, 0.6) is 0 Å². The number of nitrogens with two attached hydrogens (primary N) is 1. The number of carbonyl (C=O) groups excluding carboxylic acids is 4. The fraction of sp³-hybridized carbons (Fsp3) is 0.300. The van der Waals surface area contributed by atoms with Crippen LogP contribution in [-0.4, -0.2) is 48.3 Å². The summed E-state index contributed by atoms with van der Waals surface area (Å²) in [5.41, 5.74) is 6.02. The molecule has 1 atom stereocenters. The van der Waals surface area contributed by atoms with Crippen molar-refractivity contribution < 1.29 is 28.3 Å². The van der Waals surface area contributed by atoms with Crippen molar-refractivity contribution >= 4 is 29.4 Å². The van der Waals surface area contributed by atoms with E-state index in [0.29, 0.717) is 25.1 Å². The number of nitrogens with zero attached hydrogens (tertiary/aromatic N) is 1. The Hall–Kier alpha value is -3.62. The third-order valence-electron chi connectivity index (χ3n) is 4.63. The van der Waals surface area contributed by atoms with Crippen molar-refractivity contribution in [3.8, 4) is 0 Å². The van der Waals surface area contributed by atoms with E-state index in [2.05, 4.69) is 5.32 Å². The van der Waals surface area contributed by atoms with Crippen LogP contribution < -0.4 is 11.1 Å². The van der Waals surface area contributed by atoms with E-state index in [1.54, 1.807) is 18.2 Å². The predicted molar refractivity (Wildman–Crippen MR) is 102 cm³/mol. The molecule has 1 aliphatic rings. The van der Waals surface area contributed by atoms with E-state index in [9.17, 15) is 19.2 Å². The monoisotopic (exact) mass is 399 g/mol. The molecule has 1 aromatic heterocycles. The van der Waals surface area contributed by atoms with Gasteiger partial charge in [-0.3, -0.25) is 14.4 Å². The molecule has 1 aromatic carbocycles. The van der Waals surface area contributed by atoms with Gasteiger partial charge >= 0.3 is 5.97 Å². The number of nitrogens with one attached hydrogen (secondary N) is 1. The molecule has 1 saturated heterocycles. The summed E-state index contributed by atoms with van der Waals surface area (Å²) in [4.78, 5) is 49.1. The fourth-order valence-corrected chi connectivity index (χ4v) is 3.03. The Labute approximate surface area is 166 Å². The summed E-state index contributed by atoms with van der Waals surface area (Å²) in [6, 6.07) is 9.19. The van der Waals surface area contributed by atoms with Crippen LogP contribution in [0.2, 0.25) is 0 Å². The van der Waals surface area contributed by atoms with Gasteiger partial charge in [0, 0.05) is 18.8 Å². The largest absolute Gasteiger partial charge is 0.459 e. The van der Waals surface area contributed by atoms with Crippen LogP contribution >= 0.6 is 0 Å². The molecule has 9 heteroatoms. The summed E-state index contributed by atoms with van der Waals surface area (Å²) in [6.45, 7) is 0.335. The third-order valence-corrected chi connectivity index (χ3v) is 4.63. The molecule has 152 valence electrons. The Balaban J connectivity index is 1.49. The number of carbonyl (C=O) groups is 4. The Morgan fingerprint density at radius 1 is 1.17 bits per heavy atom. The number of primary amides is 1. The maximum Gasteiger partial charge on any atom is 0.338 e. The lowest BCUT2D eigenvalue weighted by molar-refractivity contribution is -0.137. The molecular formula is C20H21N3O6. The standard InChI is InChI=1S/C20H21N3O6/c21-18(25)14-3-1-9-23(11-14)17(24)12-29-20(27)13-5-7-15(8-6-13)22-19(26)16-4-2-10-28-16/h2,4-8,10,14H,1,3,9,11-12H2,(H2,21,25)(H,22,26)/t14-/m1/s1. The quantitative estimate of drug-likeness (QED) is 0.706. The summed E-state index contributed by atoms with van der Waals surface area (Å²) < 4.78 is 10.1. The van der Waals surface area contributed by atoms with Crippen molar-refractivity contribution in [1.29, 1.82) is 0 Å². The minimum atomic E-state index is -0.661. The van der Waals surface area contributed by atoms with Crippen molar-refractivity contribution in [2.75, 3.05) is 25.0 Å². The molecule has 3 rings (SSSR count). The second kappa shape index (κ2) is 9.05. The number of piperidine rings is 1. The number of ether oxygens (including phenoxy) is 1. The smallest absolute Gasteiger partial charge is 0.338 e. The molecule has 0 radical (unpaired) electrons. The normalized spacial score (nSPS) is 16.1. The molecule has 3 N–H and O–H groups in total. The molecular weight excluding hydrogens is 378 g/mol. The van der Waals surface area contributed by atoms with Crippen LogP contribution in [0.1, 0.15) is 33.8 Å². The van der Waals surface area contributed by atoms with Gasteiger partial charge in [0.1, 0.15) is 0 Å². The number of benzene rings is 1. The lowest BCUT2D eigenvalue weighted by Crippen LogP contribution is -2.45. The molecule has 3 amide bonds. The summed E-state index contributed by atoms with van der Waals surface area (Å²) in [5, 5.41) is 2.63. The van der Waals surface area contributed by atoms with E-state index in [4.69, 9.17) is 14.9 Å². The van der Waals surface area contributed by atoms with E-state index >= 15 is 0 Å². The van der Waals surface area contributed by atoms with E-state index < -0.39 is 24.4 Å². The molecule has 0 bridgehead atoms. The molecule has 0 aliphatic carbocycles. The lowest BCUT2D eigenvalue weighted by Gasteiger charge is -2.31. The lowest BCUT2D eigenvalue weighted by atomic mass is 9.97. The first-order valence-corrected chi connectivity index (χ1v) is 9.13. The summed E-state index contributed by atoms with van der Waals surface area (Å²) in [7, 11) is 0. The Bertz CT molecular complexity index is 891. The van der Waals surface area contributed by atoms with Crippen LogP contribution in [0.25, 0.3) is 0 Å². The third kappa shape index (κ3) is 5.22. The summed E-state index contributed by atoms with van der Waals surface area (Å²) >= 11 is 0. The van der Waals surface area contributed by atoms with Crippen molar-refractivity contribution in [3.05, 3.63) is 54.0 Å². The highest BCUT2D eigenvalue weighted by Gasteiger charge is 2.27. The zero-order valence-electron chi connectivity index (χ0n) is 15.6. The zero-order valence-corrected chi connectivity index (χ0v) is 15.6. The van der Waals surface area contributed by atoms with E-state index in [1.807, 2.05) is 0 Å². The molecule has 1 fully saturated rings. The Morgan fingerprint density at radius 2 is 1.93 bits per heavy atom. The van der Waals surface area contributed by atoms with Crippen LogP contribution in [0, 0.1) is 5.92 Å². The Morgan fingerprint density at radius 3 is 2.59 bits per heavy atom. The van der Waals surface area contributed by atoms with Crippen LogP contribution in [0.3, 0.4) is 0 Å². The number of likely N-dealkylation sites (tertiary alicyclic amines) is 1. The first kappa shape index (κ1) is 20.1. The number of furan rings is 1. The molecule has 2 heterocycles. The number of anilines is 1. The molecule has 0 saturated carbocycles. The number of rotatable bonds is 6. The van der Waals surface area contributed by atoms with Gasteiger partial charge in [0.15, 0.2) is 12.4 Å². The highest BCUT2D eigenvalue weighted by Crippen LogP contribution is 2.17. The maximum atomic E-state index is 12.2. The van der Waals surface area contributed by atoms with Crippen molar-refractivity contribution in [2.24, 2.45) is 11.7 Å². The molecule has 1 aliphatic heterocycles. The van der Waals surface area contributed by atoms with E-state index in [1.165, 1.54) is 29.4 Å². The summed E-state index contributed by atoms with van der Waals surface area (Å²) in [5.74, 6) is -2.07. The van der Waals surface area contributed by atoms with Gasteiger partial charge in [-0.2, -0.15) is 0 Å². The molecule has 0 spiro atoms. The van der Waals surface area contributed by atoms with Gasteiger partial charge in [0.2, 0.25) is 5.91 Å². The Kier molecular flexibility index (Phi) is 6.28. The van der Waals surface area contributed by atoms with Crippen molar-refractivity contribution in [1.82, 2.24) is 4.90 Å². The van der Waals surface area contributed by atoms with Gasteiger partial charge in [-0.25, -0.2) is 4.79 Å². The first-order chi connectivity index (χ1) is 13.9. The molecule has 2 aromatic rings. The number of hydrogen-bond acceptors (Lipinski definition) is 6. The number of hydrogen-bond donors (Lipinski definition) is 2. The maximum absolute atomic E-state index is 12.2. The second-order valence-electron chi connectivity index (χ2n) is 6.67. The second-order valence-corrected chi connectivity index (χ2v) is 6.67. The highest BCUT2D eigenvalue weighted by molar-refractivity contribution is 6.02. The fourth-order valence-electron chi connectivity index (χ4n) is 3.03. The van der Waals surface area contributed by atoms with Crippen LogP contribution in [0.4, 0.5) is 5.69 Å². The van der Waals surface area contributed by atoms with Gasteiger partial charge in [-0.05, 0) is 49.2 Å². The topological polar surface area (TPSA) is 132 Å². The van der Waals surface area contributed by atoms with E-state index in [-0.39, 0.29) is 29.7 Å². The van der Waals surface area contributed by atoms with Gasteiger partial charge in [-0.15, -0.1) is 0 Å². The minimum Gasteiger partial charge on any atom is -0.459 e. The van der Waals surface area contributed by atoms with Gasteiger partial charge in [-0.1, -0.05) is 0 Å². The van der Waals surface area contributed by atoms with Crippen LogP contribution in [-0.2, 0) is 14.3 Å². The molecule has 0 unspecified atom stereocenters. The predicted octanol–water partition coefficient (Wildman–Crippen LogP) is 1.41. The number of esters is 1. The first-order valence-electron chi connectivity index (χ1n) is 9.13. The zero-order chi connectivity index (χ0) is 20.8. The average molecular weight is 399 g/mol. The highest BCUT2D eigenvalue weighted by atomic mass is 16.5. The summed E-state index contributed by atoms with van der Waals surface area (Å²) in [6.07, 6.45) is 2.73.